The summed E-state index contributed by atoms with van der Waals surface area (Å²) >= 11 is 1.19. The molecule has 2 N–H and O–H groups in total. The second-order valence-electron chi connectivity index (χ2n) is 4.33. The van der Waals surface area contributed by atoms with Gasteiger partial charge in [0.15, 0.2) is 5.16 Å². The van der Waals surface area contributed by atoms with E-state index in [0.29, 0.717) is 11.7 Å². The van der Waals surface area contributed by atoms with Crippen molar-refractivity contribution in [1.29, 1.82) is 0 Å². The van der Waals surface area contributed by atoms with Crippen LogP contribution in [0.25, 0.3) is 0 Å². The van der Waals surface area contributed by atoms with E-state index in [0.717, 1.165) is 19.4 Å². The van der Waals surface area contributed by atoms with Crippen molar-refractivity contribution in [3.05, 3.63) is 10.5 Å². The van der Waals surface area contributed by atoms with Crippen molar-refractivity contribution in [3.8, 4) is 12.3 Å². The zero-order chi connectivity index (χ0) is 14.4. The van der Waals surface area contributed by atoms with Crippen LogP contribution in [0.15, 0.2) is 9.95 Å². The summed E-state index contributed by atoms with van der Waals surface area (Å²) in [5.74, 6) is 2.30. The Kier molecular flexibility index (Phi) is 5.26. The van der Waals surface area contributed by atoms with E-state index in [-0.39, 0.29) is 30.0 Å². The van der Waals surface area contributed by atoms with E-state index in [2.05, 4.69) is 21.4 Å². The average Bonchev–Trinajstić information content (AvgIpc) is 3.06. The van der Waals surface area contributed by atoms with Gasteiger partial charge in [-0.3, -0.25) is 9.36 Å². The summed E-state index contributed by atoms with van der Waals surface area (Å²) in [5.41, 5.74) is -0.285. The summed E-state index contributed by atoms with van der Waals surface area (Å²) in [6.07, 6.45) is 7.04. The molecular formula is C12H16N4O3S. The highest BCUT2D eigenvalue weighted by molar-refractivity contribution is 7.99. The molecule has 1 saturated heterocycles. The first-order valence-electron chi connectivity index (χ1n) is 6.30. The van der Waals surface area contributed by atoms with Crippen LogP contribution in [-0.2, 0) is 16.1 Å². The molecule has 0 saturated carbocycles. The molecule has 1 aliphatic rings. The number of hydrogen-bond acceptors (Lipinski definition) is 5. The first kappa shape index (κ1) is 14.7. The quantitative estimate of drug-likeness (QED) is 0.550. The van der Waals surface area contributed by atoms with Crippen LogP contribution < -0.4 is 11.0 Å². The van der Waals surface area contributed by atoms with Crippen molar-refractivity contribution in [2.45, 2.75) is 30.6 Å². The molecule has 1 aromatic heterocycles. The van der Waals surface area contributed by atoms with Gasteiger partial charge in [0.25, 0.3) is 0 Å². The highest BCUT2D eigenvalue weighted by Gasteiger charge is 2.20. The molecule has 108 valence electrons. The van der Waals surface area contributed by atoms with Crippen molar-refractivity contribution in [1.82, 2.24) is 20.1 Å². The lowest BCUT2D eigenvalue weighted by atomic mass is 10.2. The molecule has 2 heterocycles. The number of amides is 1. The third kappa shape index (κ3) is 3.88. The Morgan fingerprint density at radius 1 is 1.70 bits per heavy atom. The number of H-pyrrole nitrogens is 1. The average molecular weight is 296 g/mol. The zero-order valence-electron chi connectivity index (χ0n) is 10.9. The molecule has 0 spiro atoms. The molecule has 0 bridgehead atoms. The maximum Gasteiger partial charge on any atom is 0.344 e. The Morgan fingerprint density at radius 3 is 3.25 bits per heavy atom. The Labute approximate surface area is 120 Å². The van der Waals surface area contributed by atoms with E-state index in [1.54, 1.807) is 0 Å². The molecule has 1 fully saturated rings. The maximum absolute atomic E-state index is 11.7. The Morgan fingerprint density at radius 2 is 2.55 bits per heavy atom. The number of nitrogens with one attached hydrogen (secondary N) is 2. The summed E-state index contributed by atoms with van der Waals surface area (Å²) in [7, 11) is 0. The summed E-state index contributed by atoms with van der Waals surface area (Å²) in [5, 5.41) is 9.36. The molecule has 1 amide bonds. The number of terminal acetylenes is 1. The molecule has 0 radical (unpaired) electrons. The molecule has 0 unspecified atom stereocenters. The topological polar surface area (TPSA) is 89.0 Å². The lowest BCUT2D eigenvalue weighted by Gasteiger charge is -2.10. The van der Waals surface area contributed by atoms with E-state index >= 15 is 0 Å². The Hall–Kier alpha value is -1.72. The van der Waals surface area contributed by atoms with E-state index in [4.69, 9.17) is 11.2 Å². The van der Waals surface area contributed by atoms with Crippen LogP contribution in [0.3, 0.4) is 0 Å². The Bertz CT molecular complexity index is 554. The molecular weight excluding hydrogens is 280 g/mol. The SMILES string of the molecule is C#CCNC(=O)CSc1n[nH]c(=O)n1C[C@@H]1CCCO1. The number of carbonyl (C=O) groups excluding carboxylic acids is 1. The van der Waals surface area contributed by atoms with Crippen LogP contribution in [-0.4, -0.2) is 45.7 Å². The number of aromatic nitrogens is 3. The fraction of sp³-hybridized carbons (Fsp3) is 0.583. The van der Waals surface area contributed by atoms with E-state index in [9.17, 15) is 9.59 Å². The lowest BCUT2D eigenvalue weighted by molar-refractivity contribution is -0.118. The molecule has 0 aromatic carbocycles. The summed E-state index contributed by atoms with van der Waals surface area (Å²) in [6, 6.07) is 0. The third-order valence-corrected chi connectivity index (χ3v) is 3.83. The molecule has 2 rings (SSSR count). The van der Waals surface area contributed by atoms with Crippen molar-refractivity contribution in [2.24, 2.45) is 0 Å². The van der Waals surface area contributed by atoms with Crippen LogP contribution >= 0.6 is 11.8 Å². The minimum Gasteiger partial charge on any atom is -0.376 e. The van der Waals surface area contributed by atoms with Crippen molar-refractivity contribution < 1.29 is 9.53 Å². The van der Waals surface area contributed by atoms with Gasteiger partial charge in [-0.25, -0.2) is 9.89 Å². The summed E-state index contributed by atoms with van der Waals surface area (Å²) < 4.78 is 7.01. The molecule has 7 nitrogen and oxygen atoms in total. The highest BCUT2D eigenvalue weighted by Crippen LogP contribution is 2.17. The van der Waals surface area contributed by atoms with E-state index in [1.165, 1.54) is 16.3 Å². The first-order valence-corrected chi connectivity index (χ1v) is 7.29. The second kappa shape index (κ2) is 7.17. The Balaban J connectivity index is 1.93. The van der Waals surface area contributed by atoms with Gasteiger partial charge in [0.2, 0.25) is 5.91 Å². The predicted octanol–water partition coefficient (Wildman–Crippen LogP) is -0.408. The molecule has 1 aliphatic heterocycles. The lowest BCUT2D eigenvalue weighted by Crippen LogP contribution is -2.27. The van der Waals surface area contributed by atoms with Gasteiger partial charge in [0.05, 0.1) is 24.9 Å². The summed E-state index contributed by atoms with van der Waals surface area (Å²) in [6.45, 7) is 1.39. The number of nitrogens with zero attached hydrogens (tertiary/aromatic N) is 2. The van der Waals surface area contributed by atoms with Crippen molar-refractivity contribution in [3.63, 3.8) is 0 Å². The number of thioether (sulfide) groups is 1. The third-order valence-electron chi connectivity index (χ3n) is 2.85. The number of hydrogen-bond donors (Lipinski definition) is 2. The van der Waals surface area contributed by atoms with Crippen LogP contribution in [0.2, 0.25) is 0 Å². The van der Waals surface area contributed by atoms with Crippen LogP contribution in [0.4, 0.5) is 0 Å². The molecule has 1 atom stereocenters. The summed E-state index contributed by atoms with van der Waals surface area (Å²) in [4.78, 5) is 23.2. The van der Waals surface area contributed by atoms with Gasteiger partial charge in [0, 0.05) is 6.61 Å². The van der Waals surface area contributed by atoms with Gasteiger partial charge in [0.1, 0.15) is 0 Å². The molecule has 0 aliphatic carbocycles. The fourth-order valence-electron chi connectivity index (χ4n) is 1.90. The minimum absolute atomic E-state index is 0.0416. The van der Waals surface area contributed by atoms with Crippen molar-refractivity contribution in [2.75, 3.05) is 18.9 Å². The van der Waals surface area contributed by atoms with Crippen LogP contribution in [0.1, 0.15) is 12.8 Å². The van der Waals surface area contributed by atoms with Gasteiger partial charge in [-0.05, 0) is 12.8 Å². The van der Waals surface area contributed by atoms with Gasteiger partial charge in [-0.2, -0.15) is 0 Å². The largest absolute Gasteiger partial charge is 0.376 e. The van der Waals surface area contributed by atoms with Crippen molar-refractivity contribution >= 4 is 17.7 Å². The second-order valence-corrected chi connectivity index (χ2v) is 5.27. The molecule has 20 heavy (non-hydrogen) atoms. The molecule has 1 aromatic rings. The zero-order valence-corrected chi connectivity index (χ0v) is 11.7. The number of aromatic amines is 1. The minimum atomic E-state index is -0.285. The van der Waals surface area contributed by atoms with Crippen LogP contribution in [0, 0.1) is 12.3 Å². The predicted molar refractivity (Wildman–Crippen MR) is 74.4 cm³/mol. The monoisotopic (exact) mass is 296 g/mol. The van der Waals surface area contributed by atoms with Gasteiger partial charge in [-0.1, -0.05) is 17.7 Å². The molecule has 8 heteroatoms. The van der Waals surface area contributed by atoms with Crippen LogP contribution in [0.5, 0.6) is 0 Å². The smallest absolute Gasteiger partial charge is 0.344 e. The van der Waals surface area contributed by atoms with E-state index in [1.807, 2.05) is 0 Å². The van der Waals surface area contributed by atoms with Gasteiger partial charge in [-0.15, -0.1) is 11.5 Å². The van der Waals surface area contributed by atoms with E-state index < -0.39 is 0 Å². The van der Waals surface area contributed by atoms with Gasteiger partial charge >= 0.3 is 5.69 Å². The number of rotatable bonds is 6. The fourth-order valence-corrected chi connectivity index (χ4v) is 2.68. The number of carbonyl (C=O) groups is 1. The normalized spacial score (nSPS) is 17.9. The van der Waals surface area contributed by atoms with Gasteiger partial charge < -0.3 is 10.1 Å². The number of ether oxygens (including phenoxy) is 1. The maximum atomic E-state index is 11.7. The highest BCUT2D eigenvalue weighted by atomic mass is 32.2. The standard InChI is InChI=1S/C12H16N4O3S/c1-2-5-13-10(17)8-20-12-15-14-11(18)16(12)7-9-4-3-6-19-9/h1,9H,3-8H2,(H,13,17)(H,14,18)/t9-/m0/s1. The first-order chi connectivity index (χ1) is 9.70.